The maximum absolute atomic E-state index is 12.6. The molecule has 1 aliphatic rings. The number of anilines is 1. The van der Waals surface area contributed by atoms with Crippen molar-refractivity contribution in [2.75, 3.05) is 19.0 Å². The Labute approximate surface area is 139 Å². The molecule has 3 rings (SSSR count). The number of hydrogen-bond donors (Lipinski definition) is 2. The zero-order chi connectivity index (χ0) is 17.1. The second kappa shape index (κ2) is 6.74. The summed E-state index contributed by atoms with van der Waals surface area (Å²) in [5, 5.41) is 5.59. The monoisotopic (exact) mass is 329 g/mol. The van der Waals surface area contributed by atoms with Crippen LogP contribution in [-0.4, -0.2) is 30.5 Å². The first-order valence-corrected chi connectivity index (χ1v) is 7.87. The van der Waals surface area contributed by atoms with Crippen LogP contribution < -0.4 is 15.4 Å². The number of fused-ring (bicyclic) bond motifs is 1. The normalized spacial score (nSPS) is 13.7. The largest absolute Gasteiger partial charge is 0.481 e. The maximum atomic E-state index is 12.6. The number of rotatable bonds is 4. The van der Waals surface area contributed by atoms with Gasteiger partial charge >= 0.3 is 0 Å². The average Bonchev–Trinajstić information content (AvgIpc) is 2.94. The molecule has 126 valence electrons. The first kappa shape index (κ1) is 16.0. The number of hydrogen-bond acceptors (Lipinski definition) is 5. The van der Waals surface area contributed by atoms with Gasteiger partial charge < -0.3 is 19.8 Å². The van der Waals surface area contributed by atoms with Crippen molar-refractivity contribution in [1.82, 2.24) is 10.3 Å². The topological polar surface area (TPSA) is 93.5 Å². The molecule has 2 N–H and O–H groups in total. The third-order valence-electron chi connectivity index (χ3n) is 3.95. The molecule has 0 saturated heterocycles. The number of amides is 2. The summed E-state index contributed by atoms with van der Waals surface area (Å²) in [6.45, 7) is 2.52. The molecule has 0 aromatic carbocycles. The van der Waals surface area contributed by atoms with E-state index in [0.29, 0.717) is 48.0 Å². The molecule has 0 aliphatic carbocycles. The highest BCUT2D eigenvalue weighted by molar-refractivity contribution is 6.12. The lowest BCUT2D eigenvalue weighted by molar-refractivity contribution is 0.0943. The van der Waals surface area contributed by atoms with E-state index in [1.54, 1.807) is 19.2 Å². The molecule has 0 fully saturated rings. The lowest BCUT2D eigenvalue weighted by Crippen LogP contribution is -2.25. The van der Waals surface area contributed by atoms with Gasteiger partial charge in [0.1, 0.15) is 12.0 Å². The molecular formula is C17H19N3O4. The average molecular weight is 329 g/mol. The highest BCUT2D eigenvalue weighted by Crippen LogP contribution is 2.24. The lowest BCUT2D eigenvalue weighted by atomic mass is 10.1. The number of aryl methyl sites for hydroxylation is 2. The smallest absolute Gasteiger partial charge is 0.259 e. The highest BCUT2D eigenvalue weighted by Gasteiger charge is 2.27. The van der Waals surface area contributed by atoms with Crippen molar-refractivity contribution in [3.8, 4) is 5.88 Å². The minimum absolute atomic E-state index is 0.238. The van der Waals surface area contributed by atoms with Gasteiger partial charge in [-0.15, -0.1) is 0 Å². The molecule has 0 spiro atoms. The van der Waals surface area contributed by atoms with Crippen LogP contribution in [0.3, 0.4) is 0 Å². The maximum Gasteiger partial charge on any atom is 0.259 e. The lowest BCUT2D eigenvalue weighted by Gasteiger charge is -2.10. The van der Waals surface area contributed by atoms with E-state index in [9.17, 15) is 9.59 Å². The Morgan fingerprint density at radius 2 is 2.29 bits per heavy atom. The third kappa shape index (κ3) is 2.97. The Morgan fingerprint density at radius 1 is 1.46 bits per heavy atom. The van der Waals surface area contributed by atoms with Gasteiger partial charge in [0.2, 0.25) is 5.88 Å². The van der Waals surface area contributed by atoms with Crippen LogP contribution in [0.4, 0.5) is 5.69 Å². The number of carbonyl (C=O) groups is 2. The number of methoxy groups -OCH3 is 1. The van der Waals surface area contributed by atoms with Crippen molar-refractivity contribution in [2.45, 2.75) is 26.2 Å². The van der Waals surface area contributed by atoms with E-state index < -0.39 is 5.91 Å². The van der Waals surface area contributed by atoms with Gasteiger partial charge in [0.25, 0.3) is 11.8 Å². The fourth-order valence-electron chi connectivity index (χ4n) is 2.71. The fourth-order valence-corrected chi connectivity index (χ4v) is 2.71. The van der Waals surface area contributed by atoms with E-state index in [2.05, 4.69) is 15.6 Å². The summed E-state index contributed by atoms with van der Waals surface area (Å²) in [6, 6.07) is 3.42. The number of nitrogens with one attached hydrogen (secondary N) is 2. The number of pyridine rings is 1. The first-order chi connectivity index (χ1) is 11.6. The van der Waals surface area contributed by atoms with Crippen LogP contribution >= 0.6 is 0 Å². The van der Waals surface area contributed by atoms with Gasteiger partial charge in [-0.1, -0.05) is 6.92 Å². The zero-order valence-electron chi connectivity index (χ0n) is 13.6. The highest BCUT2D eigenvalue weighted by atomic mass is 16.5. The first-order valence-electron chi connectivity index (χ1n) is 7.87. The molecular weight excluding hydrogens is 310 g/mol. The molecule has 0 saturated carbocycles. The van der Waals surface area contributed by atoms with Crippen LogP contribution in [0, 0.1) is 0 Å². The number of nitrogens with zero attached hydrogens (tertiary/aromatic N) is 1. The summed E-state index contributed by atoms with van der Waals surface area (Å²) in [5.74, 6) is 0.379. The predicted octanol–water partition coefficient (Wildman–Crippen LogP) is 2.17. The Balaban J connectivity index is 1.89. The van der Waals surface area contributed by atoms with E-state index >= 15 is 0 Å². The molecule has 2 aromatic rings. The molecule has 7 nitrogen and oxygen atoms in total. The summed E-state index contributed by atoms with van der Waals surface area (Å²) in [4.78, 5) is 29.1. The molecule has 0 bridgehead atoms. The number of furan rings is 1. The Kier molecular flexibility index (Phi) is 4.50. The summed E-state index contributed by atoms with van der Waals surface area (Å²) in [5.41, 5.74) is 1.86. The quantitative estimate of drug-likeness (QED) is 0.896. The van der Waals surface area contributed by atoms with Crippen molar-refractivity contribution in [1.29, 1.82) is 0 Å². The second-order valence-corrected chi connectivity index (χ2v) is 5.46. The van der Waals surface area contributed by atoms with Gasteiger partial charge in [-0.05, 0) is 18.9 Å². The van der Waals surface area contributed by atoms with Crippen LogP contribution in [0.5, 0.6) is 5.88 Å². The number of carbonyl (C=O) groups excluding carboxylic acids is 2. The summed E-state index contributed by atoms with van der Waals surface area (Å²) >= 11 is 0. The van der Waals surface area contributed by atoms with Crippen molar-refractivity contribution in [2.24, 2.45) is 0 Å². The molecule has 7 heteroatoms. The minimum atomic E-state index is -0.390. The predicted molar refractivity (Wildman–Crippen MR) is 87.5 cm³/mol. The van der Waals surface area contributed by atoms with Gasteiger partial charge in [0.15, 0.2) is 0 Å². The van der Waals surface area contributed by atoms with Gasteiger partial charge in [0.05, 0.1) is 29.6 Å². The van der Waals surface area contributed by atoms with Crippen molar-refractivity contribution in [3.63, 3.8) is 0 Å². The van der Waals surface area contributed by atoms with Crippen molar-refractivity contribution < 1.29 is 18.7 Å². The standard InChI is InChI=1S/C17H19N3O4/c1-3-11-12(6-7-14(19-11)23-2)20-16(21)10-9-24-13-5-4-8-18-17(22)15(10)13/h6-7,9H,3-5,8H2,1-2H3,(H,18,22)(H,20,21). The van der Waals surface area contributed by atoms with Crippen LogP contribution in [-0.2, 0) is 12.8 Å². The van der Waals surface area contributed by atoms with Gasteiger partial charge in [-0.25, -0.2) is 4.98 Å². The summed E-state index contributed by atoms with van der Waals surface area (Å²) in [6.07, 6.45) is 3.39. The minimum Gasteiger partial charge on any atom is -0.481 e. The van der Waals surface area contributed by atoms with E-state index in [-0.39, 0.29) is 11.5 Å². The molecule has 0 unspecified atom stereocenters. The van der Waals surface area contributed by atoms with Crippen molar-refractivity contribution >= 4 is 17.5 Å². The Morgan fingerprint density at radius 3 is 3.04 bits per heavy atom. The molecule has 3 heterocycles. The molecule has 0 radical (unpaired) electrons. The summed E-state index contributed by atoms with van der Waals surface area (Å²) in [7, 11) is 1.54. The Hall–Kier alpha value is -2.83. The van der Waals surface area contributed by atoms with Crippen LogP contribution in [0.2, 0.25) is 0 Å². The SMILES string of the molecule is CCc1nc(OC)ccc1NC(=O)c1coc2c1C(=O)NCCC2. The van der Waals surface area contributed by atoms with Crippen molar-refractivity contribution in [3.05, 3.63) is 41.0 Å². The van der Waals surface area contributed by atoms with Crippen LogP contribution in [0.25, 0.3) is 0 Å². The molecule has 24 heavy (non-hydrogen) atoms. The number of ether oxygens (including phenoxy) is 1. The summed E-state index contributed by atoms with van der Waals surface area (Å²) < 4.78 is 10.5. The van der Waals surface area contributed by atoms with E-state index in [1.807, 2.05) is 6.92 Å². The molecule has 1 aliphatic heterocycles. The fraction of sp³-hybridized carbons (Fsp3) is 0.353. The molecule has 0 atom stereocenters. The van der Waals surface area contributed by atoms with E-state index in [0.717, 1.165) is 6.42 Å². The zero-order valence-corrected chi connectivity index (χ0v) is 13.6. The molecule has 2 amide bonds. The van der Waals surface area contributed by atoms with E-state index in [4.69, 9.17) is 9.15 Å². The third-order valence-corrected chi connectivity index (χ3v) is 3.95. The van der Waals surface area contributed by atoms with Gasteiger partial charge in [-0.2, -0.15) is 0 Å². The van der Waals surface area contributed by atoms with Crippen LogP contribution in [0.15, 0.2) is 22.8 Å². The van der Waals surface area contributed by atoms with Gasteiger partial charge in [-0.3, -0.25) is 9.59 Å². The van der Waals surface area contributed by atoms with Gasteiger partial charge in [0, 0.05) is 19.0 Å². The second-order valence-electron chi connectivity index (χ2n) is 5.46. The Bertz CT molecular complexity index is 782. The van der Waals surface area contributed by atoms with E-state index in [1.165, 1.54) is 6.26 Å². The van der Waals surface area contributed by atoms with Crippen LogP contribution in [0.1, 0.15) is 45.5 Å². The molecule has 2 aromatic heterocycles. The number of aromatic nitrogens is 1.